The van der Waals surface area contributed by atoms with Crippen LogP contribution in [-0.2, 0) is 0 Å². The first-order valence-electron chi connectivity index (χ1n) is 5.61. The van der Waals surface area contributed by atoms with Crippen LogP contribution in [0.1, 0.15) is 11.1 Å². The van der Waals surface area contributed by atoms with E-state index in [-0.39, 0.29) is 0 Å². The van der Waals surface area contributed by atoms with Gasteiger partial charge in [0.15, 0.2) is 0 Å². The number of pyridine rings is 1. The molecule has 1 aliphatic heterocycles. The summed E-state index contributed by atoms with van der Waals surface area (Å²) in [5.74, 6) is 0.610. The van der Waals surface area contributed by atoms with Gasteiger partial charge in [-0.05, 0) is 25.6 Å². The first kappa shape index (κ1) is 11.1. The summed E-state index contributed by atoms with van der Waals surface area (Å²) in [5, 5.41) is 8.20. The highest BCUT2D eigenvalue weighted by Crippen LogP contribution is 2.10. The molecule has 2 heterocycles. The van der Waals surface area contributed by atoms with Gasteiger partial charge in [-0.3, -0.25) is 10.4 Å². The molecular weight excluding hydrogens is 200 g/mol. The first-order chi connectivity index (χ1) is 7.68. The lowest BCUT2D eigenvalue weighted by atomic mass is 10.1. The number of nitrogens with zero attached hydrogens (tertiary/aromatic N) is 3. The van der Waals surface area contributed by atoms with Crippen molar-refractivity contribution < 1.29 is 0 Å². The van der Waals surface area contributed by atoms with Crippen molar-refractivity contribution in [3.05, 3.63) is 29.6 Å². The predicted octanol–water partition coefficient (Wildman–Crippen LogP) is 0.963. The number of rotatable bonds is 1. The number of likely N-dealkylation sites (N-methyl/N-ethyl adjacent to an activating group) is 1. The van der Waals surface area contributed by atoms with Gasteiger partial charge < -0.3 is 9.80 Å². The number of aryl methyl sites for hydroxylation is 1. The number of aromatic nitrogens is 1. The zero-order valence-corrected chi connectivity index (χ0v) is 9.90. The van der Waals surface area contributed by atoms with Crippen LogP contribution in [0, 0.1) is 12.3 Å². The zero-order chi connectivity index (χ0) is 11.5. The molecule has 4 nitrogen and oxygen atoms in total. The second-order valence-electron chi connectivity index (χ2n) is 4.33. The smallest absolute Gasteiger partial charge is 0.129 e. The fourth-order valence-electron chi connectivity index (χ4n) is 1.91. The van der Waals surface area contributed by atoms with Crippen molar-refractivity contribution >= 4 is 5.84 Å². The summed E-state index contributed by atoms with van der Waals surface area (Å²) in [5.41, 5.74) is 2.07. The molecule has 0 saturated carbocycles. The molecule has 0 bridgehead atoms. The molecule has 1 fully saturated rings. The third-order valence-corrected chi connectivity index (χ3v) is 3.11. The van der Waals surface area contributed by atoms with Crippen LogP contribution in [0.15, 0.2) is 18.5 Å². The van der Waals surface area contributed by atoms with Gasteiger partial charge in [0.2, 0.25) is 0 Å². The van der Waals surface area contributed by atoms with Crippen LogP contribution in [0.3, 0.4) is 0 Å². The average Bonchev–Trinajstić information content (AvgIpc) is 2.30. The van der Waals surface area contributed by atoms with E-state index in [4.69, 9.17) is 5.41 Å². The second-order valence-corrected chi connectivity index (χ2v) is 4.33. The summed E-state index contributed by atoms with van der Waals surface area (Å²) < 4.78 is 0. The fourth-order valence-corrected chi connectivity index (χ4v) is 1.91. The zero-order valence-electron chi connectivity index (χ0n) is 9.90. The molecule has 0 radical (unpaired) electrons. The Morgan fingerprint density at radius 2 is 2.00 bits per heavy atom. The second kappa shape index (κ2) is 4.61. The van der Waals surface area contributed by atoms with E-state index in [0.29, 0.717) is 5.84 Å². The lowest BCUT2D eigenvalue weighted by Gasteiger charge is -2.34. The van der Waals surface area contributed by atoms with Crippen molar-refractivity contribution in [2.24, 2.45) is 0 Å². The Balaban J connectivity index is 2.11. The van der Waals surface area contributed by atoms with Gasteiger partial charge in [0.1, 0.15) is 5.84 Å². The van der Waals surface area contributed by atoms with Crippen LogP contribution in [0.4, 0.5) is 0 Å². The Labute approximate surface area is 96.4 Å². The van der Waals surface area contributed by atoms with E-state index in [1.165, 1.54) is 0 Å². The highest BCUT2D eigenvalue weighted by atomic mass is 15.3. The normalized spacial score (nSPS) is 17.5. The maximum atomic E-state index is 8.20. The van der Waals surface area contributed by atoms with Crippen LogP contribution >= 0.6 is 0 Å². The summed E-state index contributed by atoms with van der Waals surface area (Å²) in [7, 11) is 2.12. The van der Waals surface area contributed by atoms with E-state index < -0.39 is 0 Å². The fraction of sp³-hybridized carbons (Fsp3) is 0.500. The third kappa shape index (κ3) is 2.22. The molecule has 1 aromatic rings. The summed E-state index contributed by atoms with van der Waals surface area (Å²) >= 11 is 0. The maximum absolute atomic E-state index is 8.20. The van der Waals surface area contributed by atoms with Gasteiger partial charge in [-0.15, -0.1) is 0 Å². The Morgan fingerprint density at radius 3 is 2.62 bits per heavy atom. The molecule has 86 valence electrons. The number of piperazine rings is 1. The van der Waals surface area contributed by atoms with Crippen LogP contribution in [0.25, 0.3) is 0 Å². The molecule has 1 aromatic heterocycles. The van der Waals surface area contributed by atoms with Gasteiger partial charge in [0, 0.05) is 44.1 Å². The van der Waals surface area contributed by atoms with Gasteiger partial charge >= 0.3 is 0 Å². The third-order valence-electron chi connectivity index (χ3n) is 3.11. The lowest BCUT2D eigenvalue weighted by molar-refractivity contribution is 0.215. The largest absolute Gasteiger partial charge is 0.354 e. The van der Waals surface area contributed by atoms with E-state index in [1.54, 1.807) is 12.4 Å². The molecule has 0 aliphatic carbocycles. The highest BCUT2D eigenvalue weighted by Gasteiger charge is 2.18. The van der Waals surface area contributed by atoms with E-state index in [9.17, 15) is 0 Å². The van der Waals surface area contributed by atoms with Gasteiger partial charge in [0.05, 0.1) is 0 Å². The molecule has 0 spiro atoms. The molecule has 0 aromatic carbocycles. The van der Waals surface area contributed by atoms with Crippen molar-refractivity contribution in [3.63, 3.8) is 0 Å². The average molecular weight is 218 g/mol. The van der Waals surface area contributed by atoms with Crippen LogP contribution in [0.2, 0.25) is 0 Å². The Hall–Kier alpha value is -1.42. The molecule has 1 aliphatic rings. The SMILES string of the molecule is Cc1ccncc1C(=N)N1CCN(C)CC1. The number of nitrogens with one attached hydrogen (secondary N) is 1. The molecule has 16 heavy (non-hydrogen) atoms. The van der Waals surface area contributed by atoms with E-state index in [0.717, 1.165) is 37.3 Å². The maximum Gasteiger partial charge on any atom is 0.129 e. The van der Waals surface area contributed by atoms with Gasteiger partial charge in [-0.2, -0.15) is 0 Å². The van der Waals surface area contributed by atoms with E-state index >= 15 is 0 Å². The molecule has 0 unspecified atom stereocenters. The minimum atomic E-state index is 0.610. The molecule has 2 rings (SSSR count). The van der Waals surface area contributed by atoms with E-state index in [1.807, 2.05) is 13.0 Å². The summed E-state index contributed by atoms with van der Waals surface area (Å²) in [6, 6.07) is 1.96. The minimum absolute atomic E-state index is 0.610. The molecule has 0 atom stereocenters. The topological polar surface area (TPSA) is 43.2 Å². The molecule has 1 saturated heterocycles. The standard InChI is InChI=1S/C12H18N4/c1-10-3-4-14-9-11(10)12(13)16-7-5-15(2)6-8-16/h3-4,9,13H,5-8H2,1-2H3. The van der Waals surface area contributed by atoms with Gasteiger partial charge in [-0.1, -0.05) is 0 Å². The van der Waals surface area contributed by atoms with E-state index in [2.05, 4.69) is 21.8 Å². The Bertz CT molecular complexity index is 380. The first-order valence-corrected chi connectivity index (χ1v) is 5.61. The molecule has 0 amide bonds. The van der Waals surface area contributed by atoms with Gasteiger partial charge in [0.25, 0.3) is 0 Å². The van der Waals surface area contributed by atoms with Crippen molar-refractivity contribution in [1.29, 1.82) is 5.41 Å². The van der Waals surface area contributed by atoms with Crippen molar-refractivity contribution in [2.45, 2.75) is 6.92 Å². The quantitative estimate of drug-likeness (QED) is 0.564. The molecule has 1 N–H and O–H groups in total. The lowest BCUT2D eigenvalue weighted by Crippen LogP contribution is -2.47. The van der Waals surface area contributed by atoms with Crippen LogP contribution in [0.5, 0.6) is 0 Å². The minimum Gasteiger partial charge on any atom is -0.354 e. The Kier molecular flexibility index (Phi) is 3.19. The predicted molar refractivity (Wildman–Crippen MR) is 64.9 cm³/mol. The van der Waals surface area contributed by atoms with Crippen molar-refractivity contribution in [2.75, 3.05) is 33.2 Å². The summed E-state index contributed by atoms with van der Waals surface area (Å²) in [6.07, 6.45) is 3.56. The van der Waals surface area contributed by atoms with Crippen LogP contribution in [-0.4, -0.2) is 53.8 Å². The number of hydrogen-bond acceptors (Lipinski definition) is 3. The summed E-state index contributed by atoms with van der Waals surface area (Å²) in [6.45, 7) is 5.96. The Morgan fingerprint density at radius 1 is 1.31 bits per heavy atom. The van der Waals surface area contributed by atoms with Crippen molar-refractivity contribution in [1.82, 2.24) is 14.8 Å². The number of hydrogen-bond donors (Lipinski definition) is 1. The highest BCUT2D eigenvalue weighted by molar-refractivity contribution is 5.97. The van der Waals surface area contributed by atoms with Gasteiger partial charge in [-0.25, -0.2) is 0 Å². The summed E-state index contributed by atoms with van der Waals surface area (Å²) in [4.78, 5) is 8.52. The molecular formula is C12H18N4. The monoisotopic (exact) mass is 218 g/mol. The molecule has 4 heteroatoms. The van der Waals surface area contributed by atoms with Crippen LogP contribution < -0.4 is 0 Å². The van der Waals surface area contributed by atoms with Crippen molar-refractivity contribution in [3.8, 4) is 0 Å². The number of amidine groups is 1.